The molecule has 1 aromatic rings. The number of hydrogen-bond donors (Lipinski definition) is 1. The molecule has 0 unspecified atom stereocenters. The summed E-state index contributed by atoms with van der Waals surface area (Å²) in [5.41, 5.74) is 0.529. The van der Waals surface area contributed by atoms with E-state index in [1.165, 1.54) is 0 Å². The number of para-hydroxylation sites is 1. The molecule has 1 aliphatic rings. The molecular weight excluding hydrogens is 405 g/mol. The smallest absolute Gasteiger partial charge is 0.409 e. The van der Waals surface area contributed by atoms with Crippen LogP contribution in [-0.2, 0) is 9.53 Å². The molecule has 142 valence electrons. The van der Waals surface area contributed by atoms with Crippen molar-refractivity contribution < 1.29 is 19.1 Å². The number of halogens is 3. The SMILES string of the molecule is CCOC(=O)N1CCN(C(=O)c2ccccc2NC(=O)C(Cl)(Cl)Cl)CC1. The summed E-state index contributed by atoms with van der Waals surface area (Å²) < 4.78 is 2.82. The fraction of sp³-hybridized carbons (Fsp3) is 0.438. The Morgan fingerprint density at radius 3 is 2.23 bits per heavy atom. The highest BCUT2D eigenvalue weighted by molar-refractivity contribution is 6.76. The minimum Gasteiger partial charge on any atom is -0.450 e. The van der Waals surface area contributed by atoms with E-state index in [0.717, 1.165) is 0 Å². The number of benzene rings is 1. The van der Waals surface area contributed by atoms with Crippen molar-refractivity contribution in [1.29, 1.82) is 0 Å². The summed E-state index contributed by atoms with van der Waals surface area (Å²) in [7, 11) is 0. The molecule has 1 aromatic carbocycles. The van der Waals surface area contributed by atoms with Gasteiger partial charge in [-0.25, -0.2) is 4.79 Å². The maximum absolute atomic E-state index is 12.8. The molecule has 0 spiro atoms. The quantitative estimate of drug-likeness (QED) is 0.760. The summed E-state index contributed by atoms with van der Waals surface area (Å²) in [4.78, 5) is 39.5. The number of carbonyl (C=O) groups excluding carboxylic acids is 3. The number of amides is 3. The van der Waals surface area contributed by atoms with Gasteiger partial charge < -0.3 is 19.9 Å². The highest BCUT2D eigenvalue weighted by Crippen LogP contribution is 2.28. The molecule has 1 saturated heterocycles. The first-order valence-electron chi connectivity index (χ1n) is 7.92. The van der Waals surface area contributed by atoms with E-state index in [1.807, 2.05) is 0 Å². The monoisotopic (exact) mass is 421 g/mol. The molecule has 1 aliphatic heterocycles. The lowest BCUT2D eigenvalue weighted by Gasteiger charge is -2.34. The molecule has 1 heterocycles. The van der Waals surface area contributed by atoms with Crippen LogP contribution >= 0.6 is 34.8 Å². The van der Waals surface area contributed by atoms with Crippen molar-refractivity contribution in [2.45, 2.75) is 10.7 Å². The Labute approximate surface area is 166 Å². The van der Waals surface area contributed by atoms with Crippen LogP contribution in [0, 0.1) is 0 Å². The number of anilines is 1. The predicted octanol–water partition coefficient (Wildman–Crippen LogP) is 2.91. The molecule has 0 aromatic heterocycles. The Morgan fingerprint density at radius 2 is 1.65 bits per heavy atom. The minimum absolute atomic E-state index is 0.252. The van der Waals surface area contributed by atoms with Gasteiger partial charge in [-0.3, -0.25) is 9.59 Å². The third-order valence-corrected chi connectivity index (χ3v) is 4.27. The maximum Gasteiger partial charge on any atom is 0.409 e. The van der Waals surface area contributed by atoms with Crippen LogP contribution in [0.4, 0.5) is 10.5 Å². The summed E-state index contributed by atoms with van der Waals surface area (Å²) in [6, 6.07) is 6.46. The maximum atomic E-state index is 12.8. The number of ether oxygens (including phenoxy) is 1. The Hall–Kier alpha value is -1.70. The van der Waals surface area contributed by atoms with Gasteiger partial charge >= 0.3 is 6.09 Å². The fourth-order valence-electron chi connectivity index (χ4n) is 2.45. The van der Waals surface area contributed by atoms with Crippen LogP contribution in [0.15, 0.2) is 24.3 Å². The number of hydrogen-bond acceptors (Lipinski definition) is 4. The zero-order valence-electron chi connectivity index (χ0n) is 14.0. The van der Waals surface area contributed by atoms with Gasteiger partial charge in [0.1, 0.15) is 0 Å². The number of alkyl halides is 3. The molecule has 10 heteroatoms. The van der Waals surface area contributed by atoms with Crippen LogP contribution in [0.25, 0.3) is 0 Å². The molecule has 1 fully saturated rings. The summed E-state index contributed by atoms with van der Waals surface area (Å²) in [6.07, 6.45) is -0.394. The van der Waals surface area contributed by atoms with Crippen LogP contribution in [-0.4, -0.2) is 64.3 Å². The first kappa shape index (κ1) is 20.6. The molecule has 0 atom stereocenters. The highest BCUT2D eigenvalue weighted by Gasteiger charge is 2.32. The van der Waals surface area contributed by atoms with Gasteiger partial charge in [-0.05, 0) is 19.1 Å². The standard InChI is InChI=1S/C16H18Cl3N3O4/c1-2-26-15(25)22-9-7-21(8-10-22)13(23)11-5-3-4-6-12(11)20-14(24)16(17,18)19/h3-6H,2,7-10H2,1H3,(H,20,24). The van der Waals surface area contributed by atoms with Crippen LogP contribution in [0.1, 0.15) is 17.3 Å². The van der Waals surface area contributed by atoms with Crippen molar-refractivity contribution in [2.24, 2.45) is 0 Å². The molecule has 0 saturated carbocycles. The molecule has 1 N–H and O–H groups in total. The average Bonchev–Trinajstić information content (AvgIpc) is 2.61. The number of carbonyl (C=O) groups is 3. The van der Waals surface area contributed by atoms with Gasteiger partial charge in [0.05, 0.1) is 17.9 Å². The summed E-state index contributed by atoms with van der Waals surface area (Å²) in [6.45, 7) is 3.48. The van der Waals surface area contributed by atoms with Crippen LogP contribution in [0.3, 0.4) is 0 Å². The predicted molar refractivity (Wildman–Crippen MR) is 99.9 cm³/mol. The average molecular weight is 423 g/mol. The summed E-state index contributed by atoms with van der Waals surface area (Å²) in [5, 5.41) is 2.45. The first-order chi connectivity index (χ1) is 12.2. The fourth-order valence-corrected chi connectivity index (χ4v) is 2.59. The Balaban J connectivity index is 2.07. The molecule has 0 bridgehead atoms. The van der Waals surface area contributed by atoms with Crippen molar-refractivity contribution in [1.82, 2.24) is 9.80 Å². The second-order valence-corrected chi connectivity index (χ2v) is 7.76. The third-order valence-electron chi connectivity index (χ3n) is 3.76. The number of nitrogens with one attached hydrogen (secondary N) is 1. The van der Waals surface area contributed by atoms with Gasteiger partial charge in [-0.15, -0.1) is 0 Å². The second-order valence-electron chi connectivity index (χ2n) is 5.48. The van der Waals surface area contributed by atoms with E-state index < -0.39 is 15.8 Å². The van der Waals surface area contributed by atoms with Crippen molar-refractivity contribution >= 4 is 58.4 Å². The summed E-state index contributed by atoms with van der Waals surface area (Å²) >= 11 is 16.7. The van der Waals surface area contributed by atoms with Crippen molar-refractivity contribution in [3.05, 3.63) is 29.8 Å². The van der Waals surface area contributed by atoms with Gasteiger partial charge in [-0.2, -0.15) is 0 Å². The molecule has 0 radical (unpaired) electrons. The number of nitrogens with zero attached hydrogens (tertiary/aromatic N) is 2. The molecule has 26 heavy (non-hydrogen) atoms. The second kappa shape index (κ2) is 8.79. The van der Waals surface area contributed by atoms with E-state index in [0.29, 0.717) is 32.8 Å². The largest absolute Gasteiger partial charge is 0.450 e. The molecule has 0 aliphatic carbocycles. The van der Waals surface area contributed by atoms with E-state index in [9.17, 15) is 14.4 Å². The highest BCUT2D eigenvalue weighted by atomic mass is 35.6. The van der Waals surface area contributed by atoms with E-state index >= 15 is 0 Å². The van der Waals surface area contributed by atoms with Crippen molar-refractivity contribution in [3.8, 4) is 0 Å². The Bertz CT molecular complexity index is 686. The topological polar surface area (TPSA) is 79.0 Å². The minimum atomic E-state index is -2.14. The van der Waals surface area contributed by atoms with Gasteiger partial charge in [-0.1, -0.05) is 46.9 Å². The Morgan fingerprint density at radius 1 is 1.08 bits per heavy atom. The number of piperazine rings is 1. The third kappa shape index (κ3) is 5.16. The first-order valence-corrected chi connectivity index (χ1v) is 9.05. The lowest BCUT2D eigenvalue weighted by atomic mass is 10.1. The van der Waals surface area contributed by atoms with Crippen LogP contribution < -0.4 is 5.32 Å². The van der Waals surface area contributed by atoms with E-state index in [4.69, 9.17) is 39.5 Å². The van der Waals surface area contributed by atoms with Crippen LogP contribution in [0.2, 0.25) is 0 Å². The molecule has 2 rings (SSSR count). The lowest BCUT2D eigenvalue weighted by Crippen LogP contribution is -2.50. The van der Waals surface area contributed by atoms with Gasteiger partial charge in [0.15, 0.2) is 0 Å². The van der Waals surface area contributed by atoms with E-state index in [1.54, 1.807) is 41.0 Å². The molecule has 3 amide bonds. The van der Waals surface area contributed by atoms with Gasteiger partial charge in [0, 0.05) is 26.2 Å². The van der Waals surface area contributed by atoms with Gasteiger partial charge in [0.25, 0.3) is 15.6 Å². The summed E-state index contributed by atoms with van der Waals surface area (Å²) in [5.74, 6) is -1.14. The lowest BCUT2D eigenvalue weighted by molar-refractivity contribution is -0.115. The van der Waals surface area contributed by atoms with Crippen molar-refractivity contribution in [2.75, 3.05) is 38.1 Å². The van der Waals surface area contributed by atoms with Crippen molar-refractivity contribution in [3.63, 3.8) is 0 Å². The van der Waals surface area contributed by atoms with Crippen LogP contribution in [0.5, 0.6) is 0 Å². The van der Waals surface area contributed by atoms with E-state index in [2.05, 4.69) is 5.32 Å². The normalized spacial score (nSPS) is 14.8. The van der Waals surface area contributed by atoms with E-state index in [-0.39, 0.29) is 17.2 Å². The number of rotatable bonds is 3. The molecular formula is C16H18Cl3N3O4. The molecule has 7 nitrogen and oxygen atoms in total. The Kier molecular flexibility index (Phi) is 6.97. The zero-order chi connectivity index (χ0) is 19.3. The zero-order valence-corrected chi connectivity index (χ0v) is 16.3. The van der Waals surface area contributed by atoms with Gasteiger partial charge in [0.2, 0.25) is 0 Å².